The third kappa shape index (κ3) is 2.96. The third-order valence-electron chi connectivity index (χ3n) is 3.71. The molecule has 0 bridgehead atoms. The number of nitrogens with two attached hydrogens (primary N) is 1. The van der Waals surface area contributed by atoms with E-state index in [0.29, 0.717) is 0 Å². The van der Waals surface area contributed by atoms with Crippen molar-refractivity contribution in [3.05, 3.63) is 91.0 Å². The average molecular weight is 321 g/mol. The molecular weight excluding hydrogens is 303 g/mol. The summed E-state index contributed by atoms with van der Waals surface area (Å²) in [6.07, 6.45) is 0. The Bertz CT molecular complexity index is 680. The van der Waals surface area contributed by atoms with Crippen molar-refractivity contribution in [1.29, 1.82) is 0 Å². The maximum atomic E-state index is 11.9. The summed E-state index contributed by atoms with van der Waals surface area (Å²) in [7, 11) is -2.33. The SMILES string of the molecule is NC(=O)N[P+](c1ccccc1)(c1ccccc1)c1ccccc1. The molecule has 0 radical (unpaired) electrons. The zero-order valence-electron chi connectivity index (χ0n) is 12.6. The van der Waals surface area contributed by atoms with Gasteiger partial charge < -0.3 is 5.73 Å². The predicted molar refractivity (Wildman–Crippen MR) is 97.9 cm³/mol. The lowest BCUT2D eigenvalue weighted by Gasteiger charge is -2.26. The van der Waals surface area contributed by atoms with Crippen molar-refractivity contribution in [2.24, 2.45) is 5.73 Å². The number of hydrogen-bond acceptors (Lipinski definition) is 1. The first-order valence-electron chi connectivity index (χ1n) is 7.37. The summed E-state index contributed by atoms with van der Waals surface area (Å²) < 4.78 is 0. The van der Waals surface area contributed by atoms with Crippen molar-refractivity contribution in [2.75, 3.05) is 0 Å². The number of carbonyl (C=O) groups is 1. The van der Waals surface area contributed by atoms with Crippen molar-refractivity contribution in [3.8, 4) is 0 Å². The van der Waals surface area contributed by atoms with Crippen LogP contribution in [-0.2, 0) is 0 Å². The lowest BCUT2D eigenvalue weighted by atomic mass is 10.4. The summed E-state index contributed by atoms with van der Waals surface area (Å²) in [5.74, 6) is 0. The Labute approximate surface area is 136 Å². The van der Waals surface area contributed by atoms with Gasteiger partial charge >= 0.3 is 6.03 Å². The van der Waals surface area contributed by atoms with Crippen molar-refractivity contribution in [3.63, 3.8) is 0 Å². The Morgan fingerprint density at radius 1 is 0.652 bits per heavy atom. The highest BCUT2D eigenvalue weighted by Gasteiger charge is 2.47. The largest absolute Gasteiger partial charge is 0.349 e. The molecule has 23 heavy (non-hydrogen) atoms. The van der Waals surface area contributed by atoms with Crippen LogP contribution in [-0.4, -0.2) is 6.03 Å². The van der Waals surface area contributed by atoms with Crippen LogP contribution < -0.4 is 26.7 Å². The van der Waals surface area contributed by atoms with Gasteiger partial charge in [-0.25, -0.2) is 4.79 Å². The number of nitrogens with one attached hydrogen (secondary N) is 1. The zero-order chi connectivity index (χ0) is 16.1. The molecule has 0 aliphatic carbocycles. The monoisotopic (exact) mass is 321 g/mol. The molecule has 0 aliphatic rings. The van der Waals surface area contributed by atoms with Gasteiger partial charge in [-0.3, -0.25) is 0 Å². The quantitative estimate of drug-likeness (QED) is 0.713. The second-order valence-corrected chi connectivity index (χ2v) is 8.27. The Morgan fingerprint density at radius 3 is 1.22 bits per heavy atom. The Balaban J connectivity index is 2.32. The van der Waals surface area contributed by atoms with Gasteiger partial charge in [-0.2, -0.15) is 5.09 Å². The number of amides is 2. The summed E-state index contributed by atoms with van der Waals surface area (Å²) in [5.41, 5.74) is 5.57. The van der Waals surface area contributed by atoms with E-state index < -0.39 is 13.4 Å². The normalized spacial score (nSPS) is 11.0. The summed E-state index contributed by atoms with van der Waals surface area (Å²) in [6.45, 7) is 0. The van der Waals surface area contributed by atoms with E-state index in [4.69, 9.17) is 5.73 Å². The van der Waals surface area contributed by atoms with Crippen LogP contribution in [0.1, 0.15) is 0 Å². The van der Waals surface area contributed by atoms with Crippen molar-refractivity contribution < 1.29 is 4.79 Å². The van der Waals surface area contributed by atoms with Crippen LogP contribution in [0.2, 0.25) is 0 Å². The van der Waals surface area contributed by atoms with E-state index in [2.05, 4.69) is 5.09 Å². The molecule has 0 fully saturated rings. The summed E-state index contributed by atoms with van der Waals surface area (Å²) in [6, 6.07) is 29.6. The fraction of sp³-hybridized carbons (Fsp3) is 0. The molecule has 0 unspecified atom stereocenters. The highest BCUT2D eigenvalue weighted by atomic mass is 31.2. The van der Waals surface area contributed by atoms with Crippen molar-refractivity contribution in [1.82, 2.24) is 5.09 Å². The van der Waals surface area contributed by atoms with E-state index in [-0.39, 0.29) is 0 Å². The molecule has 3 nitrogen and oxygen atoms in total. The van der Waals surface area contributed by atoms with Gasteiger partial charge in [0, 0.05) is 0 Å². The summed E-state index contributed by atoms with van der Waals surface area (Å²) >= 11 is 0. The number of hydrogen-bond donors (Lipinski definition) is 2. The molecule has 0 spiro atoms. The first-order valence-corrected chi connectivity index (χ1v) is 9.16. The number of urea groups is 1. The lowest BCUT2D eigenvalue weighted by Crippen LogP contribution is -2.45. The van der Waals surface area contributed by atoms with Crippen LogP contribution in [0.15, 0.2) is 91.0 Å². The summed E-state index contributed by atoms with van der Waals surface area (Å²) in [5, 5.41) is 6.29. The first kappa shape index (κ1) is 15.3. The van der Waals surface area contributed by atoms with Crippen LogP contribution in [0, 0.1) is 0 Å². The molecular formula is C19H18N2OP+. The lowest BCUT2D eigenvalue weighted by molar-refractivity contribution is 0.254. The number of primary amides is 1. The fourth-order valence-corrected chi connectivity index (χ4v) is 6.23. The predicted octanol–water partition coefficient (Wildman–Crippen LogP) is 2.56. The number of carbonyl (C=O) groups excluding carboxylic acids is 1. The molecule has 114 valence electrons. The molecule has 0 atom stereocenters. The minimum Gasteiger partial charge on any atom is -0.349 e. The van der Waals surface area contributed by atoms with Gasteiger partial charge in [0.15, 0.2) is 0 Å². The highest BCUT2D eigenvalue weighted by molar-refractivity contribution is 7.94. The second-order valence-electron chi connectivity index (χ2n) is 5.15. The molecule has 0 aromatic heterocycles. The van der Waals surface area contributed by atoms with Crippen LogP contribution in [0.3, 0.4) is 0 Å². The molecule has 0 saturated heterocycles. The van der Waals surface area contributed by atoms with Crippen LogP contribution >= 0.6 is 7.41 Å². The Hall–Kier alpha value is -2.64. The minimum atomic E-state index is -2.33. The smallest absolute Gasteiger partial charge is 0.344 e. The molecule has 4 heteroatoms. The van der Waals surface area contributed by atoms with Gasteiger partial charge in [0.1, 0.15) is 15.9 Å². The maximum absolute atomic E-state index is 11.9. The van der Waals surface area contributed by atoms with E-state index >= 15 is 0 Å². The maximum Gasteiger partial charge on any atom is 0.344 e. The minimum absolute atomic E-state index is 0.519. The van der Waals surface area contributed by atoms with Gasteiger partial charge in [-0.1, -0.05) is 54.6 Å². The summed E-state index contributed by atoms with van der Waals surface area (Å²) in [4.78, 5) is 11.9. The van der Waals surface area contributed by atoms with Gasteiger partial charge in [-0.05, 0) is 36.4 Å². The zero-order valence-corrected chi connectivity index (χ0v) is 13.5. The fourth-order valence-electron chi connectivity index (χ4n) is 2.76. The van der Waals surface area contributed by atoms with Crippen LogP contribution in [0.5, 0.6) is 0 Å². The highest BCUT2D eigenvalue weighted by Crippen LogP contribution is 2.50. The molecule has 0 heterocycles. The van der Waals surface area contributed by atoms with E-state index in [1.807, 2.05) is 91.0 Å². The van der Waals surface area contributed by atoms with E-state index in [0.717, 1.165) is 15.9 Å². The molecule has 3 N–H and O–H groups in total. The molecule has 0 aliphatic heterocycles. The van der Waals surface area contributed by atoms with Crippen molar-refractivity contribution in [2.45, 2.75) is 0 Å². The Kier molecular flexibility index (Phi) is 4.40. The van der Waals surface area contributed by atoms with Gasteiger partial charge in [0.05, 0.1) is 0 Å². The number of rotatable bonds is 4. The average Bonchev–Trinajstić information content (AvgIpc) is 2.62. The Morgan fingerprint density at radius 2 is 0.957 bits per heavy atom. The molecule has 0 saturated carbocycles. The van der Waals surface area contributed by atoms with Crippen LogP contribution in [0.25, 0.3) is 0 Å². The van der Waals surface area contributed by atoms with E-state index in [1.54, 1.807) is 0 Å². The standard InChI is InChI=1S/C19H17N2OP/c20-19(22)21-23(16-10-4-1-5-11-16,17-12-6-2-7-13-17)18-14-8-3-9-15-18/h1-15H,(H2-,20,21,22)/p+1. The van der Waals surface area contributed by atoms with E-state index in [9.17, 15) is 4.79 Å². The van der Waals surface area contributed by atoms with Gasteiger partial charge in [0.2, 0.25) is 7.41 Å². The van der Waals surface area contributed by atoms with Crippen molar-refractivity contribution >= 4 is 29.4 Å². The molecule has 3 rings (SSSR count). The third-order valence-corrected chi connectivity index (χ3v) is 7.48. The van der Waals surface area contributed by atoms with Gasteiger partial charge in [0.25, 0.3) is 0 Å². The van der Waals surface area contributed by atoms with E-state index in [1.165, 1.54) is 0 Å². The molecule has 3 aromatic rings. The number of benzene rings is 3. The topological polar surface area (TPSA) is 55.1 Å². The second kappa shape index (κ2) is 6.64. The van der Waals surface area contributed by atoms with Crippen LogP contribution in [0.4, 0.5) is 4.79 Å². The first-order chi connectivity index (χ1) is 11.2. The molecule has 2 amide bonds. The van der Waals surface area contributed by atoms with Gasteiger partial charge in [-0.15, -0.1) is 0 Å². The molecule has 3 aromatic carbocycles.